The molecular weight excluding hydrogens is 373 g/mol. The van der Waals surface area contributed by atoms with E-state index in [1.54, 1.807) is 11.0 Å². The Morgan fingerprint density at radius 2 is 2.07 bits per heavy atom. The second-order valence-corrected chi connectivity index (χ2v) is 7.72. The molecule has 0 unspecified atom stereocenters. The standard InChI is InChI=1S/C22H22FN3O3/c23-14-6-7-15-16(9-24-18(15)8-14)17-11-26(21-19(27)10-25-20(17)21)22(28)29-12-13-4-2-1-3-5-13/h1-9,17,19-21,24-25,27H,10-12H2/t17-,19-,20-,21-/m1/s1. The van der Waals surface area contributed by atoms with Crippen LogP contribution >= 0.6 is 0 Å². The van der Waals surface area contributed by atoms with Crippen molar-refractivity contribution in [1.29, 1.82) is 0 Å². The molecule has 3 N–H and O–H groups in total. The van der Waals surface area contributed by atoms with Crippen LogP contribution in [0.5, 0.6) is 0 Å². The highest BCUT2D eigenvalue weighted by atomic mass is 19.1. The van der Waals surface area contributed by atoms with Crippen LogP contribution in [0.3, 0.4) is 0 Å². The lowest BCUT2D eigenvalue weighted by atomic mass is 9.91. The van der Waals surface area contributed by atoms with Gasteiger partial charge < -0.3 is 25.0 Å². The van der Waals surface area contributed by atoms with Crippen LogP contribution in [-0.4, -0.2) is 52.4 Å². The smallest absolute Gasteiger partial charge is 0.410 e. The predicted molar refractivity (Wildman–Crippen MR) is 106 cm³/mol. The van der Waals surface area contributed by atoms with Crippen LogP contribution in [0.4, 0.5) is 9.18 Å². The van der Waals surface area contributed by atoms with E-state index in [0.717, 1.165) is 22.0 Å². The summed E-state index contributed by atoms with van der Waals surface area (Å²) in [5, 5.41) is 14.8. The number of carbonyl (C=O) groups excluding carboxylic acids is 1. The van der Waals surface area contributed by atoms with Gasteiger partial charge in [-0.1, -0.05) is 30.3 Å². The van der Waals surface area contributed by atoms with Gasteiger partial charge in [0.15, 0.2) is 0 Å². The number of hydrogen-bond acceptors (Lipinski definition) is 4. The van der Waals surface area contributed by atoms with E-state index < -0.39 is 12.2 Å². The minimum absolute atomic E-state index is 0.0272. The van der Waals surface area contributed by atoms with Crippen LogP contribution in [0.15, 0.2) is 54.7 Å². The fourth-order valence-corrected chi connectivity index (χ4v) is 4.68. The molecule has 0 bridgehead atoms. The summed E-state index contributed by atoms with van der Waals surface area (Å²) < 4.78 is 19.1. The lowest BCUT2D eigenvalue weighted by Crippen LogP contribution is -2.44. The molecule has 29 heavy (non-hydrogen) atoms. The SMILES string of the molecule is O=C(OCc1ccccc1)N1C[C@H](c2c[nH]c3cc(F)ccc23)[C@H]2NC[C@@H](O)[C@H]21. The second-order valence-electron chi connectivity index (χ2n) is 7.72. The number of aliphatic hydroxyl groups is 1. The second kappa shape index (κ2) is 7.17. The largest absolute Gasteiger partial charge is 0.445 e. The molecular formula is C22H22FN3O3. The van der Waals surface area contributed by atoms with Crippen LogP contribution in [0.1, 0.15) is 17.0 Å². The average molecular weight is 395 g/mol. The van der Waals surface area contributed by atoms with Crippen molar-refractivity contribution in [2.24, 2.45) is 0 Å². The molecule has 3 heterocycles. The third-order valence-corrected chi connectivity index (χ3v) is 6.03. The molecule has 3 aromatic rings. The van der Waals surface area contributed by atoms with E-state index >= 15 is 0 Å². The van der Waals surface area contributed by atoms with E-state index in [-0.39, 0.29) is 30.4 Å². The average Bonchev–Trinajstić information content (AvgIpc) is 3.41. The summed E-state index contributed by atoms with van der Waals surface area (Å²) >= 11 is 0. The normalized spacial score (nSPS) is 26.1. The highest BCUT2D eigenvalue weighted by Crippen LogP contribution is 2.39. The van der Waals surface area contributed by atoms with Gasteiger partial charge in [-0.15, -0.1) is 0 Å². The number of β-amino-alcohol motifs (C(OH)–C–C–N with tert-alkyl or cyclic N) is 1. The maximum Gasteiger partial charge on any atom is 0.410 e. The number of hydrogen-bond donors (Lipinski definition) is 3. The van der Waals surface area contributed by atoms with E-state index in [4.69, 9.17) is 4.74 Å². The van der Waals surface area contributed by atoms with E-state index in [2.05, 4.69) is 10.3 Å². The van der Waals surface area contributed by atoms with Crippen molar-refractivity contribution in [3.8, 4) is 0 Å². The van der Waals surface area contributed by atoms with Crippen molar-refractivity contribution in [3.63, 3.8) is 0 Å². The molecule has 2 saturated heterocycles. The number of carbonyl (C=O) groups is 1. The quantitative estimate of drug-likeness (QED) is 0.637. The van der Waals surface area contributed by atoms with Gasteiger partial charge in [0, 0.05) is 42.1 Å². The van der Waals surface area contributed by atoms with Gasteiger partial charge in [0.1, 0.15) is 12.4 Å². The molecule has 5 rings (SSSR count). The number of nitrogens with zero attached hydrogens (tertiary/aromatic N) is 1. The summed E-state index contributed by atoms with van der Waals surface area (Å²) in [5.41, 5.74) is 2.65. The third kappa shape index (κ3) is 3.16. The molecule has 2 fully saturated rings. The zero-order valence-corrected chi connectivity index (χ0v) is 15.7. The number of likely N-dealkylation sites (tertiary alicyclic amines) is 1. The maximum atomic E-state index is 13.5. The number of rotatable bonds is 3. The molecule has 1 aromatic heterocycles. The van der Waals surface area contributed by atoms with Gasteiger partial charge in [-0.2, -0.15) is 0 Å². The molecule has 0 spiro atoms. The predicted octanol–water partition coefficient (Wildman–Crippen LogP) is 2.74. The molecule has 150 valence electrons. The monoisotopic (exact) mass is 395 g/mol. The van der Waals surface area contributed by atoms with Gasteiger partial charge >= 0.3 is 6.09 Å². The number of nitrogens with one attached hydrogen (secondary N) is 2. The van der Waals surface area contributed by atoms with Crippen molar-refractivity contribution in [3.05, 3.63) is 71.7 Å². The van der Waals surface area contributed by atoms with Crippen molar-refractivity contribution in [1.82, 2.24) is 15.2 Å². The summed E-state index contributed by atoms with van der Waals surface area (Å²) in [7, 11) is 0. The first kappa shape index (κ1) is 18.1. The number of aromatic nitrogens is 1. The van der Waals surface area contributed by atoms with Crippen molar-refractivity contribution >= 4 is 17.0 Å². The zero-order valence-electron chi connectivity index (χ0n) is 15.7. The number of amides is 1. The van der Waals surface area contributed by atoms with Crippen molar-refractivity contribution in [2.75, 3.05) is 13.1 Å². The Morgan fingerprint density at radius 3 is 2.90 bits per heavy atom. The number of halogens is 1. The van der Waals surface area contributed by atoms with Crippen LogP contribution in [0.25, 0.3) is 10.9 Å². The van der Waals surface area contributed by atoms with Crippen LogP contribution < -0.4 is 5.32 Å². The highest BCUT2D eigenvalue weighted by Gasteiger charge is 2.52. The fourth-order valence-electron chi connectivity index (χ4n) is 4.68. The first-order valence-electron chi connectivity index (χ1n) is 9.77. The lowest BCUT2D eigenvalue weighted by molar-refractivity contribution is 0.0609. The molecule has 2 aliphatic rings. The third-order valence-electron chi connectivity index (χ3n) is 6.03. The van der Waals surface area contributed by atoms with Gasteiger partial charge in [0.25, 0.3) is 0 Å². The Hall–Kier alpha value is -2.90. The summed E-state index contributed by atoms with van der Waals surface area (Å²) in [4.78, 5) is 17.6. The van der Waals surface area contributed by atoms with Gasteiger partial charge in [-0.05, 0) is 29.3 Å². The molecule has 0 radical (unpaired) electrons. The van der Waals surface area contributed by atoms with Crippen LogP contribution in [0, 0.1) is 5.82 Å². The fraction of sp³-hybridized carbons (Fsp3) is 0.318. The number of ether oxygens (including phenoxy) is 1. The summed E-state index contributed by atoms with van der Waals surface area (Å²) in [6.45, 7) is 1.04. The van der Waals surface area contributed by atoms with Crippen molar-refractivity contribution < 1.29 is 19.0 Å². The number of fused-ring (bicyclic) bond motifs is 2. The minimum Gasteiger partial charge on any atom is -0.445 e. The molecule has 1 amide bonds. The molecule has 0 saturated carbocycles. The van der Waals surface area contributed by atoms with E-state index in [1.165, 1.54) is 12.1 Å². The van der Waals surface area contributed by atoms with Crippen LogP contribution in [-0.2, 0) is 11.3 Å². The van der Waals surface area contributed by atoms with Crippen LogP contribution in [0.2, 0.25) is 0 Å². The highest BCUT2D eigenvalue weighted by molar-refractivity contribution is 5.84. The van der Waals surface area contributed by atoms with E-state index in [0.29, 0.717) is 13.1 Å². The van der Waals surface area contributed by atoms with Gasteiger partial charge in [-0.3, -0.25) is 0 Å². The zero-order chi connectivity index (χ0) is 20.0. The Labute approximate surface area is 167 Å². The summed E-state index contributed by atoms with van der Waals surface area (Å²) in [5.74, 6) is -0.323. The molecule has 7 heteroatoms. The summed E-state index contributed by atoms with van der Waals surface area (Å²) in [6.07, 6.45) is 0.786. The van der Waals surface area contributed by atoms with Gasteiger partial charge in [-0.25, -0.2) is 9.18 Å². The van der Waals surface area contributed by atoms with Crippen molar-refractivity contribution in [2.45, 2.75) is 30.7 Å². The Balaban J connectivity index is 1.40. The molecule has 6 nitrogen and oxygen atoms in total. The first-order chi connectivity index (χ1) is 14.1. The molecule has 0 aliphatic carbocycles. The Kier molecular flexibility index (Phi) is 4.49. The molecule has 2 aromatic carbocycles. The van der Waals surface area contributed by atoms with E-state index in [9.17, 15) is 14.3 Å². The molecule has 2 aliphatic heterocycles. The molecule has 4 atom stereocenters. The number of benzene rings is 2. The van der Waals surface area contributed by atoms with Gasteiger partial charge in [0.05, 0.1) is 12.1 Å². The van der Waals surface area contributed by atoms with E-state index in [1.807, 2.05) is 36.5 Å². The topological polar surface area (TPSA) is 77.6 Å². The Morgan fingerprint density at radius 1 is 1.24 bits per heavy atom. The Bertz CT molecular complexity index is 1040. The summed E-state index contributed by atoms with van der Waals surface area (Å²) in [6, 6.07) is 13.7. The lowest BCUT2D eigenvalue weighted by Gasteiger charge is -2.25. The number of aliphatic hydroxyl groups excluding tert-OH is 1. The van der Waals surface area contributed by atoms with Gasteiger partial charge in [0.2, 0.25) is 0 Å². The number of aromatic amines is 1. The first-order valence-corrected chi connectivity index (χ1v) is 9.77. The maximum absolute atomic E-state index is 13.5. The number of H-pyrrole nitrogens is 1. The minimum atomic E-state index is -0.656.